The minimum absolute atomic E-state index is 0.107. The molecule has 0 aliphatic carbocycles. The molecule has 0 saturated carbocycles. The van der Waals surface area contributed by atoms with Crippen LogP contribution in [-0.2, 0) is 4.79 Å². The van der Waals surface area contributed by atoms with Gasteiger partial charge in [0.05, 0.1) is 18.4 Å². The number of ketones is 1. The van der Waals surface area contributed by atoms with Crippen LogP contribution in [0.15, 0.2) is 74.8 Å². The summed E-state index contributed by atoms with van der Waals surface area (Å²) in [7, 11) is 1.45. The number of carbonyl (C=O) groups excluding carboxylic acids is 2. The van der Waals surface area contributed by atoms with Crippen LogP contribution in [0.25, 0.3) is 11.0 Å². The average Bonchev–Trinajstić information content (AvgIpc) is 3.50. The Labute approximate surface area is 191 Å². The van der Waals surface area contributed by atoms with Gasteiger partial charge in [0.2, 0.25) is 5.78 Å². The molecule has 1 N–H and O–H groups in total. The molecule has 3 heterocycles. The average molecular weight is 465 g/mol. The van der Waals surface area contributed by atoms with Gasteiger partial charge in [-0.15, -0.1) is 0 Å². The molecule has 0 saturated heterocycles. The van der Waals surface area contributed by atoms with E-state index in [0.29, 0.717) is 28.5 Å². The van der Waals surface area contributed by atoms with E-state index >= 15 is 0 Å². The number of amides is 1. The van der Waals surface area contributed by atoms with Crippen molar-refractivity contribution in [2.24, 2.45) is 0 Å². The van der Waals surface area contributed by atoms with E-state index in [0.717, 1.165) is 17.0 Å². The first kappa shape index (κ1) is 21.4. The first-order chi connectivity index (χ1) is 16.3. The monoisotopic (exact) mass is 465 g/mol. The Morgan fingerprint density at radius 3 is 2.56 bits per heavy atom. The molecule has 0 spiro atoms. The second-order valence-electron chi connectivity index (χ2n) is 7.70. The lowest BCUT2D eigenvalue weighted by molar-refractivity contribution is -0.117. The number of aliphatic hydroxyl groups excluding tert-OH is 1. The highest BCUT2D eigenvalue weighted by Crippen LogP contribution is 2.44. The Balaban J connectivity index is 1.67. The molecule has 0 fully saturated rings. The van der Waals surface area contributed by atoms with Gasteiger partial charge in [0.1, 0.15) is 29.2 Å². The van der Waals surface area contributed by atoms with Crippen molar-refractivity contribution in [3.63, 3.8) is 0 Å². The van der Waals surface area contributed by atoms with Gasteiger partial charge < -0.3 is 18.7 Å². The standard InChI is InChI=1S/C25H17F2NO6/c1-12-6-9-17(33-12)21-20(22(29)19-10-13-4-3-5-18(32-2)24(13)34-19)23(30)25(31)28(21)16-8-7-14(26)11-15(16)27/h3-11,21,30H,1-2H3. The Hall–Kier alpha value is -4.40. The summed E-state index contributed by atoms with van der Waals surface area (Å²) in [5.74, 6) is -3.81. The van der Waals surface area contributed by atoms with E-state index in [1.807, 2.05) is 0 Å². The summed E-state index contributed by atoms with van der Waals surface area (Å²) in [5.41, 5.74) is -0.378. The zero-order chi connectivity index (χ0) is 24.1. The van der Waals surface area contributed by atoms with Crippen LogP contribution in [0.3, 0.4) is 0 Å². The summed E-state index contributed by atoms with van der Waals surface area (Å²) >= 11 is 0. The molecule has 5 rings (SSSR count). The molecular weight excluding hydrogens is 448 g/mol. The number of aliphatic hydroxyl groups is 1. The number of nitrogens with zero attached hydrogens (tertiary/aromatic N) is 1. The molecule has 2 aromatic carbocycles. The molecule has 1 unspecified atom stereocenters. The largest absolute Gasteiger partial charge is 0.503 e. The summed E-state index contributed by atoms with van der Waals surface area (Å²) in [6, 6.07) is 11.0. The lowest BCUT2D eigenvalue weighted by Crippen LogP contribution is -2.31. The Bertz CT molecular complexity index is 1500. The number of carbonyl (C=O) groups is 2. The molecule has 0 radical (unpaired) electrons. The number of methoxy groups -OCH3 is 1. The Morgan fingerprint density at radius 1 is 1.09 bits per heavy atom. The molecule has 172 valence electrons. The third-order valence-electron chi connectivity index (χ3n) is 5.60. The third-order valence-corrected chi connectivity index (χ3v) is 5.60. The van der Waals surface area contributed by atoms with Gasteiger partial charge in [0.25, 0.3) is 5.91 Å². The number of halogens is 2. The van der Waals surface area contributed by atoms with E-state index in [1.54, 1.807) is 31.2 Å². The second kappa shape index (κ2) is 7.87. The van der Waals surface area contributed by atoms with Crippen molar-refractivity contribution in [1.82, 2.24) is 0 Å². The van der Waals surface area contributed by atoms with Crippen LogP contribution >= 0.6 is 0 Å². The Morgan fingerprint density at radius 2 is 1.88 bits per heavy atom. The fraction of sp³-hybridized carbons (Fsp3) is 0.120. The maximum atomic E-state index is 14.7. The van der Waals surface area contributed by atoms with Gasteiger partial charge in [-0.2, -0.15) is 0 Å². The van der Waals surface area contributed by atoms with Crippen molar-refractivity contribution in [3.05, 3.63) is 94.8 Å². The van der Waals surface area contributed by atoms with E-state index < -0.39 is 35.1 Å². The number of ether oxygens (including phenoxy) is 1. The second-order valence-corrected chi connectivity index (χ2v) is 7.70. The topological polar surface area (TPSA) is 93.1 Å². The van der Waals surface area contributed by atoms with Crippen LogP contribution in [0.5, 0.6) is 5.75 Å². The molecule has 7 nitrogen and oxygen atoms in total. The fourth-order valence-corrected chi connectivity index (χ4v) is 4.07. The number of Topliss-reactive ketones (excluding diaryl/α,β-unsaturated/α-hetero) is 1. The highest BCUT2D eigenvalue weighted by molar-refractivity contribution is 6.20. The first-order valence-electron chi connectivity index (χ1n) is 10.2. The number of aryl methyl sites for hydroxylation is 1. The summed E-state index contributed by atoms with van der Waals surface area (Å²) in [6.45, 7) is 1.65. The van der Waals surface area contributed by atoms with Crippen molar-refractivity contribution in [1.29, 1.82) is 0 Å². The zero-order valence-electron chi connectivity index (χ0n) is 18.0. The van der Waals surface area contributed by atoms with Gasteiger partial charge in [-0.25, -0.2) is 8.78 Å². The zero-order valence-corrected chi connectivity index (χ0v) is 18.0. The minimum Gasteiger partial charge on any atom is -0.503 e. The van der Waals surface area contributed by atoms with Crippen molar-refractivity contribution in [2.45, 2.75) is 13.0 Å². The number of para-hydroxylation sites is 1. The summed E-state index contributed by atoms with van der Waals surface area (Å²) in [6.07, 6.45) is 0. The highest BCUT2D eigenvalue weighted by atomic mass is 19.1. The number of hydrogen-bond acceptors (Lipinski definition) is 6. The predicted octanol–water partition coefficient (Wildman–Crippen LogP) is 5.40. The van der Waals surface area contributed by atoms with Crippen LogP contribution in [0.1, 0.15) is 28.1 Å². The molecule has 4 aromatic rings. The number of anilines is 1. The predicted molar refractivity (Wildman–Crippen MR) is 117 cm³/mol. The highest BCUT2D eigenvalue weighted by Gasteiger charge is 2.47. The van der Waals surface area contributed by atoms with E-state index in [2.05, 4.69) is 0 Å². The van der Waals surface area contributed by atoms with Gasteiger partial charge in [-0.05, 0) is 43.3 Å². The van der Waals surface area contributed by atoms with Crippen molar-refractivity contribution >= 4 is 28.3 Å². The SMILES string of the molecule is COc1cccc2cc(C(=O)C3=C(O)C(=O)N(c4ccc(F)cc4F)C3c3ccc(C)o3)oc12. The molecule has 9 heteroatoms. The van der Waals surface area contributed by atoms with Crippen LogP contribution in [-0.4, -0.2) is 23.9 Å². The normalized spacial score (nSPS) is 16.1. The number of furan rings is 2. The third kappa shape index (κ3) is 3.24. The fourth-order valence-electron chi connectivity index (χ4n) is 4.07. The quantitative estimate of drug-likeness (QED) is 0.397. The van der Waals surface area contributed by atoms with Gasteiger partial charge in [0.15, 0.2) is 22.9 Å². The van der Waals surface area contributed by atoms with Crippen LogP contribution < -0.4 is 9.64 Å². The van der Waals surface area contributed by atoms with Crippen molar-refractivity contribution in [3.8, 4) is 5.75 Å². The lowest BCUT2D eigenvalue weighted by atomic mass is 9.99. The number of rotatable bonds is 5. The minimum atomic E-state index is -1.32. The van der Waals surface area contributed by atoms with Gasteiger partial charge in [-0.1, -0.05) is 12.1 Å². The molecule has 0 bridgehead atoms. The molecule has 1 atom stereocenters. The maximum Gasteiger partial charge on any atom is 0.294 e. The van der Waals surface area contributed by atoms with Crippen LogP contribution in [0.4, 0.5) is 14.5 Å². The van der Waals surface area contributed by atoms with E-state index in [-0.39, 0.29) is 22.8 Å². The molecule has 1 aliphatic heterocycles. The van der Waals surface area contributed by atoms with Gasteiger partial charge >= 0.3 is 0 Å². The van der Waals surface area contributed by atoms with Gasteiger partial charge in [0, 0.05) is 11.5 Å². The number of fused-ring (bicyclic) bond motifs is 1. The number of hydrogen-bond donors (Lipinski definition) is 1. The smallest absolute Gasteiger partial charge is 0.294 e. The maximum absolute atomic E-state index is 14.7. The lowest BCUT2D eigenvalue weighted by Gasteiger charge is -2.25. The van der Waals surface area contributed by atoms with Crippen molar-refractivity contribution in [2.75, 3.05) is 12.0 Å². The molecule has 2 aromatic heterocycles. The van der Waals surface area contributed by atoms with E-state index in [1.165, 1.54) is 19.2 Å². The molecular formula is C25H17F2NO6. The summed E-state index contributed by atoms with van der Waals surface area (Å²) < 4.78 is 44.8. The number of benzene rings is 2. The Kier molecular flexibility index (Phi) is 4.97. The molecule has 34 heavy (non-hydrogen) atoms. The van der Waals surface area contributed by atoms with Crippen LogP contribution in [0.2, 0.25) is 0 Å². The van der Waals surface area contributed by atoms with E-state index in [9.17, 15) is 23.5 Å². The molecule has 1 amide bonds. The molecule has 1 aliphatic rings. The summed E-state index contributed by atoms with van der Waals surface area (Å²) in [5, 5.41) is 11.3. The van der Waals surface area contributed by atoms with E-state index in [4.69, 9.17) is 13.6 Å². The first-order valence-corrected chi connectivity index (χ1v) is 10.2. The van der Waals surface area contributed by atoms with Crippen molar-refractivity contribution < 1.29 is 37.0 Å². The van der Waals surface area contributed by atoms with Crippen LogP contribution in [0, 0.1) is 18.6 Å². The summed E-state index contributed by atoms with van der Waals surface area (Å²) in [4.78, 5) is 27.5. The van der Waals surface area contributed by atoms with Gasteiger partial charge in [-0.3, -0.25) is 14.5 Å².